The number of nitrogens with zero attached hydrogens (tertiary/aromatic N) is 1. The molecule has 2 N–H and O–H groups in total. The van der Waals surface area contributed by atoms with E-state index in [1.54, 1.807) is 18.0 Å². The third-order valence-corrected chi connectivity index (χ3v) is 3.40. The molecule has 0 saturated heterocycles. The first-order chi connectivity index (χ1) is 9.78. The van der Waals surface area contributed by atoms with Gasteiger partial charge in [0.1, 0.15) is 11.5 Å². The maximum atomic E-state index is 5.66. The van der Waals surface area contributed by atoms with E-state index in [1.807, 2.05) is 43.3 Å². The van der Waals surface area contributed by atoms with Crippen LogP contribution in [-0.2, 0) is 0 Å². The number of ether oxygens (including phenoxy) is 2. The molecule has 20 heavy (non-hydrogen) atoms. The number of nitrogens with two attached hydrogens (primary N) is 1. The van der Waals surface area contributed by atoms with Gasteiger partial charge in [0.15, 0.2) is 0 Å². The standard InChI is InChI=1S/C15H18N2O2S/c1-2-18-13-4-6-14(7-5-13)19-9-10-20-15-8-3-12(16)11-17-15/h3-8,11H,2,9-10,16H2,1H3. The van der Waals surface area contributed by atoms with Gasteiger partial charge in [0.2, 0.25) is 0 Å². The van der Waals surface area contributed by atoms with Crippen LogP contribution in [-0.4, -0.2) is 24.0 Å². The van der Waals surface area contributed by atoms with Gasteiger partial charge in [-0.2, -0.15) is 0 Å². The van der Waals surface area contributed by atoms with Gasteiger partial charge in [-0.3, -0.25) is 0 Å². The first-order valence-electron chi connectivity index (χ1n) is 6.48. The van der Waals surface area contributed by atoms with Crippen molar-refractivity contribution in [2.45, 2.75) is 11.9 Å². The molecule has 0 aliphatic rings. The van der Waals surface area contributed by atoms with Crippen LogP contribution < -0.4 is 15.2 Å². The first-order valence-corrected chi connectivity index (χ1v) is 7.46. The number of thioether (sulfide) groups is 1. The number of hydrogen-bond donors (Lipinski definition) is 1. The third-order valence-electron chi connectivity index (χ3n) is 2.50. The number of hydrogen-bond acceptors (Lipinski definition) is 5. The minimum atomic E-state index is 0.630. The molecule has 0 aliphatic heterocycles. The lowest BCUT2D eigenvalue weighted by molar-refractivity contribution is 0.332. The Bertz CT molecular complexity index is 514. The second-order valence-corrected chi connectivity index (χ2v) is 5.15. The van der Waals surface area contributed by atoms with Gasteiger partial charge in [0.05, 0.1) is 30.1 Å². The van der Waals surface area contributed by atoms with Gasteiger partial charge in [0, 0.05) is 5.75 Å². The molecule has 0 radical (unpaired) electrons. The van der Waals surface area contributed by atoms with Crippen LogP contribution >= 0.6 is 11.8 Å². The van der Waals surface area contributed by atoms with E-state index < -0.39 is 0 Å². The van der Waals surface area contributed by atoms with Crippen LogP contribution in [0.3, 0.4) is 0 Å². The molecule has 2 aromatic rings. The molecule has 0 amide bonds. The van der Waals surface area contributed by atoms with Crippen LogP contribution in [0.25, 0.3) is 0 Å². The Kier molecular flexibility index (Phi) is 5.55. The maximum absolute atomic E-state index is 5.66. The molecule has 1 aromatic heterocycles. The molecular weight excluding hydrogens is 272 g/mol. The van der Waals surface area contributed by atoms with Crippen molar-refractivity contribution in [1.82, 2.24) is 4.98 Å². The van der Waals surface area contributed by atoms with Gasteiger partial charge < -0.3 is 15.2 Å². The van der Waals surface area contributed by atoms with Crippen LogP contribution in [0.4, 0.5) is 5.69 Å². The quantitative estimate of drug-likeness (QED) is 0.626. The predicted molar refractivity (Wildman–Crippen MR) is 82.5 cm³/mol. The lowest BCUT2D eigenvalue weighted by Crippen LogP contribution is -2.00. The van der Waals surface area contributed by atoms with E-state index in [9.17, 15) is 0 Å². The Labute approximate surface area is 123 Å². The molecule has 0 unspecified atom stereocenters. The van der Waals surface area contributed by atoms with Crippen LogP contribution in [0.1, 0.15) is 6.92 Å². The fourth-order valence-corrected chi connectivity index (χ4v) is 2.25. The number of pyridine rings is 1. The second-order valence-electron chi connectivity index (χ2n) is 4.03. The smallest absolute Gasteiger partial charge is 0.119 e. The fourth-order valence-electron chi connectivity index (χ4n) is 1.58. The molecule has 0 fully saturated rings. The minimum Gasteiger partial charge on any atom is -0.494 e. The molecule has 0 aliphatic carbocycles. The van der Waals surface area contributed by atoms with Crippen LogP contribution in [0.2, 0.25) is 0 Å². The van der Waals surface area contributed by atoms with E-state index in [1.165, 1.54) is 0 Å². The van der Waals surface area contributed by atoms with Gasteiger partial charge >= 0.3 is 0 Å². The molecular formula is C15H18N2O2S. The highest BCUT2D eigenvalue weighted by Gasteiger charge is 1.98. The summed E-state index contributed by atoms with van der Waals surface area (Å²) in [4.78, 5) is 4.22. The SMILES string of the molecule is CCOc1ccc(OCCSc2ccc(N)cn2)cc1. The summed E-state index contributed by atoms with van der Waals surface area (Å²) in [5, 5.41) is 0.953. The van der Waals surface area contributed by atoms with E-state index in [-0.39, 0.29) is 0 Å². The lowest BCUT2D eigenvalue weighted by Gasteiger charge is -2.07. The van der Waals surface area contributed by atoms with Crippen molar-refractivity contribution in [2.75, 3.05) is 24.7 Å². The van der Waals surface area contributed by atoms with Gasteiger partial charge in [-0.15, -0.1) is 11.8 Å². The normalized spacial score (nSPS) is 10.2. The highest BCUT2D eigenvalue weighted by molar-refractivity contribution is 7.99. The summed E-state index contributed by atoms with van der Waals surface area (Å²) in [6.07, 6.45) is 1.66. The van der Waals surface area contributed by atoms with Crippen molar-refractivity contribution in [1.29, 1.82) is 0 Å². The van der Waals surface area contributed by atoms with E-state index in [2.05, 4.69) is 4.98 Å². The Morgan fingerprint density at radius 3 is 2.35 bits per heavy atom. The van der Waals surface area contributed by atoms with E-state index in [0.29, 0.717) is 18.9 Å². The van der Waals surface area contributed by atoms with Gasteiger partial charge in [-0.25, -0.2) is 4.98 Å². The zero-order valence-electron chi connectivity index (χ0n) is 11.4. The third kappa shape index (κ3) is 4.66. The van der Waals surface area contributed by atoms with Crippen molar-refractivity contribution >= 4 is 17.4 Å². The molecule has 106 valence electrons. The molecule has 1 aromatic carbocycles. The molecule has 0 bridgehead atoms. The van der Waals surface area contributed by atoms with Crippen molar-refractivity contribution in [3.8, 4) is 11.5 Å². The summed E-state index contributed by atoms with van der Waals surface area (Å²) in [5.41, 5.74) is 6.27. The minimum absolute atomic E-state index is 0.630. The molecule has 1 heterocycles. The Morgan fingerprint density at radius 2 is 1.75 bits per heavy atom. The van der Waals surface area contributed by atoms with Crippen molar-refractivity contribution in [2.24, 2.45) is 0 Å². The topological polar surface area (TPSA) is 57.4 Å². The fraction of sp³-hybridized carbons (Fsp3) is 0.267. The van der Waals surface area contributed by atoms with Crippen molar-refractivity contribution in [3.63, 3.8) is 0 Å². The Hall–Kier alpha value is -1.88. The highest BCUT2D eigenvalue weighted by atomic mass is 32.2. The van der Waals surface area contributed by atoms with Gasteiger partial charge in [-0.1, -0.05) is 0 Å². The monoisotopic (exact) mass is 290 g/mol. The van der Waals surface area contributed by atoms with Crippen LogP contribution in [0.15, 0.2) is 47.6 Å². The average Bonchev–Trinajstić information content (AvgIpc) is 2.47. The highest BCUT2D eigenvalue weighted by Crippen LogP contribution is 2.19. The summed E-state index contributed by atoms with van der Waals surface area (Å²) < 4.78 is 11.0. The largest absolute Gasteiger partial charge is 0.494 e. The second kappa shape index (κ2) is 7.65. The van der Waals surface area contributed by atoms with E-state index in [4.69, 9.17) is 15.2 Å². The van der Waals surface area contributed by atoms with E-state index >= 15 is 0 Å². The Morgan fingerprint density at radius 1 is 1.05 bits per heavy atom. The molecule has 0 spiro atoms. The number of nitrogen functional groups attached to an aromatic ring is 1. The molecule has 2 rings (SSSR count). The first kappa shape index (κ1) is 14.5. The number of aromatic nitrogens is 1. The number of benzene rings is 1. The zero-order valence-corrected chi connectivity index (χ0v) is 12.2. The van der Waals surface area contributed by atoms with Crippen LogP contribution in [0.5, 0.6) is 11.5 Å². The lowest BCUT2D eigenvalue weighted by atomic mass is 10.3. The molecule has 4 nitrogen and oxygen atoms in total. The maximum Gasteiger partial charge on any atom is 0.119 e. The van der Waals surface area contributed by atoms with Crippen molar-refractivity contribution in [3.05, 3.63) is 42.6 Å². The van der Waals surface area contributed by atoms with Gasteiger partial charge in [-0.05, 0) is 43.3 Å². The molecule has 0 atom stereocenters. The van der Waals surface area contributed by atoms with Crippen molar-refractivity contribution < 1.29 is 9.47 Å². The zero-order chi connectivity index (χ0) is 14.2. The Balaban J connectivity index is 1.71. The molecule has 0 saturated carbocycles. The summed E-state index contributed by atoms with van der Waals surface area (Å²) in [6.45, 7) is 3.27. The summed E-state index contributed by atoms with van der Waals surface area (Å²) in [7, 11) is 0. The van der Waals surface area contributed by atoms with E-state index in [0.717, 1.165) is 22.3 Å². The van der Waals surface area contributed by atoms with Crippen LogP contribution in [0, 0.1) is 0 Å². The summed E-state index contributed by atoms with van der Waals surface area (Å²) in [5.74, 6) is 2.55. The number of rotatable bonds is 7. The summed E-state index contributed by atoms with van der Waals surface area (Å²) >= 11 is 1.64. The molecule has 5 heteroatoms. The number of anilines is 1. The predicted octanol–water partition coefficient (Wildman–Crippen LogP) is 3.23. The average molecular weight is 290 g/mol. The van der Waals surface area contributed by atoms with Gasteiger partial charge in [0.25, 0.3) is 0 Å². The summed E-state index contributed by atoms with van der Waals surface area (Å²) in [6, 6.07) is 11.4.